The summed E-state index contributed by atoms with van der Waals surface area (Å²) in [4.78, 5) is 14.9. The van der Waals surface area contributed by atoms with E-state index >= 15 is 0 Å². The fraction of sp³-hybridized carbons (Fsp3) is 0.458. The molecule has 150 valence electrons. The zero-order valence-electron chi connectivity index (χ0n) is 16.6. The number of aliphatic hydroxyl groups is 2. The summed E-state index contributed by atoms with van der Waals surface area (Å²) in [5.41, 5.74) is 1.77. The Morgan fingerprint density at radius 1 is 1.11 bits per heavy atom. The molecule has 1 saturated heterocycles. The summed E-state index contributed by atoms with van der Waals surface area (Å²) >= 11 is 0. The number of piperidine rings is 1. The number of hydrogen-bond donors (Lipinski definition) is 2. The number of β-amino-alcohol motifs (C(OH)–C–C–N with tert-alkyl or cyclic N) is 1. The lowest BCUT2D eigenvalue weighted by Gasteiger charge is -2.45. The van der Waals surface area contributed by atoms with Crippen molar-refractivity contribution in [3.05, 3.63) is 71.8 Å². The minimum atomic E-state index is -0.679. The Morgan fingerprint density at radius 3 is 2.14 bits per heavy atom. The highest BCUT2D eigenvalue weighted by Crippen LogP contribution is 2.37. The molecule has 2 N–H and O–H groups in total. The van der Waals surface area contributed by atoms with Crippen LogP contribution in [0.2, 0.25) is 0 Å². The summed E-state index contributed by atoms with van der Waals surface area (Å²) in [6.07, 6.45) is 2.03. The first-order valence-electron chi connectivity index (χ1n) is 10.3. The Labute approximate surface area is 167 Å². The molecular weight excluding hydrogens is 350 g/mol. The van der Waals surface area contributed by atoms with Gasteiger partial charge in [0.25, 0.3) is 0 Å². The van der Waals surface area contributed by atoms with Crippen molar-refractivity contribution >= 4 is 5.91 Å². The van der Waals surface area contributed by atoms with E-state index in [2.05, 4.69) is 31.2 Å². The average molecular weight is 382 g/mol. The van der Waals surface area contributed by atoms with Gasteiger partial charge in [-0.3, -0.25) is 4.79 Å². The molecule has 0 unspecified atom stereocenters. The van der Waals surface area contributed by atoms with Gasteiger partial charge in [-0.1, -0.05) is 74.0 Å². The van der Waals surface area contributed by atoms with E-state index in [1.54, 1.807) is 4.90 Å². The standard InChI is InChI=1S/C24H31NO3/c1-2-13-24(18-26)14-15-25(17-22(24)27)23(28)16-21(19-9-5-3-6-10-19)20-11-7-4-8-12-20/h3-12,21-22,26-27H,2,13-18H2,1H3/t22-,24-/m1/s1. The van der Waals surface area contributed by atoms with Crippen molar-refractivity contribution in [3.8, 4) is 0 Å². The largest absolute Gasteiger partial charge is 0.396 e. The second kappa shape index (κ2) is 9.35. The smallest absolute Gasteiger partial charge is 0.223 e. The van der Waals surface area contributed by atoms with E-state index in [4.69, 9.17) is 0 Å². The maximum absolute atomic E-state index is 13.1. The van der Waals surface area contributed by atoms with Gasteiger partial charge < -0.3 is 15.1 Å². The number of carbonyl (C=O) groups is 1. The lowest BCUT2D eigenvalue weighted by atomic mass is 9.73. The molecule has 28 heavy (non-hydrogen) atoms. The molecule has 2 aromatic rings. The van der Waals surface area contributed by atoms with Crippen LogP contribution in [0.25, 0.3) is 0 Å². The highest BCUT2D eigenvalue weighted by atomic mass is 16.3. The highest BCUT2D eigenvalue weighted by molar-refractivity contribution is 5.78. The van der Waals surface area contributed by atoms with Crippen LogP contribution >= 0.6 is 0 Å². The van der Waals surface area contributed by atoms with Gasteiger partial charge in [0, 0.05) is 30.8 Å². The molecule has 0 saturated carbocycles. The Morgan fingerprint density at radius 2 is 1.68 bits per heavy atom. The quantitative estimate of drug-likeness (QED) is 0.771. The molecule has 1 heterocycles. The summed E-state index contributed by atoms with van der Waals surface area (Å²) in [6, 6.07) is 20.2. The molecule has 1 aliphatic rings. The maximum atomic E-state index is 13.1. The second-order valence-corrected chi connectivity index (χ2v) is 7.95. The topological polar surface area (TPSA) is 60.8 Å². The lowest BCUT2D eigenvalue weighted by molar-refractivity contribution is -0.142. The van der Waals surface area contributed by atoms with Gasteiger partial charge in [0.15, 0.2) is 0 Å². The summed E-state index contributed by atoms with van der Waals surface area (Å²) in [6.45, 7) is 2.93. The summed E-state index contributed by atoms with van der Waals surface area (Å²) in [5, 5.41) is 20.5. The number of rotatable bonds is 7. The first-order chi connectivity index (χ1) is 13.6. The van der Waals surface area contributed by atoms with Crippen molar-refractivity contribution in [2.24, 2.45) is 5.41 Å². The fourth-order valence-corrected chi connectivity index (χ4v) is 4.40. The zero-order chi connectivity index (χ0) is 20.0. The number of hydrogen-bond acceptors (Lipinski definition) is 3. The predicted molar refractivity (Wildman–Crippen MR) is 111 cm³/mol. The molecule has 4 heteroatoms. The Bertz CT molecular complexity index is 709. The van der Waals surface area contributed by atoms with Gasteiger partial charge in [-0.25, -0.2) is 0 Å². The fourth-order valence-electron chi connectivity index (χ4n) is 4.40. The number of benzene rings is 2. The molecule has 2 aromatic carbocycles. The Kier molecular flexibility index (Phi) is 6.87. The van der Waals surface area contributed by atoms with Crippen molar-refractivity contribution in [3.63, 3.8) is 0 Å². The van der Waals surface area contributed by atoms with Gasteiger partial charge in [0.2, 0.25) is 5.91 Å². The molecule has 1 fully saturated rings. The van der Waals surface area contributed by atoms with Crippen LogP contribution in [-0.4, -0.2) is 46.8 Å². The zero-order valence-corrected chi connectivity index (χ0v) is 16.6. The van der Waals surface area contributed by atoms with E-state index in [0.29, 0.717) is 25.9 Å². The van der Waals surface area contributed by atoms with Crippen LogP contribution in [0.1, 0.15) is 49.7 Å². The number of aliphatic hydroxyl groups excluding tert-OH is 2. The van der Waals surface area contributed by atoms with E-state index < -0.39 is 11.5 Å². The van der Waals surface area contributed by atoms with Crippen LogP contribution in [0.15, 0.2) is 60.7 Å². The lowest BCUT2D eigenvalue weighted by Crippen LogP contribution is -2.54. The van der Waals surface area contributed by atoms with E-state index in [-0.39, 0.29) is 18.4 Å². The molecule has 0 aliphatic carbocycles. The molecule has 1 aliphatic heterocycles. The molecule has 4 nitrogen and oxygen atoms in total. The molecular formula is C24H31NO3. The van der Waals surface area contributed by atoms with Gasteiger partial charge >= 0.3 is 0 Å². The molecule has 0 radical (unpaired) electrons. The van der Waals surface area contributed by atoms with Crippen LogP contribution in [0.4, 0.5) is 0 Å². The maximum Gasteiger partial charge on any atom is 0.223 e. The van der Waals surface area contributed by atoms with Crippen LogP contribution in [0.5, 0.6) is 0 Å². The van der Waals surface area contributed by atoms with Crippen LogP contribution < -0.4 is 0 Å². The van der Waals surface area contributed by atoms with Gasteiger partial charge in [0.1, 0.15) is 0 Å². The van der Waals surface area contributed by atoms with Gasteiger partial charge in [-0.2, -0.15) is 0 Å². The number of likely N-dealkylation sites (tertiary alicyclic amines) is 1. The average Bonchev–Trinajstić information content (AvgIpc) is 2.74. The van der Waals surface area contributed by atoms with E-state index in [0.717, 1.165) is 24.0 Å². The molecule has 0 bridgehead atoms. The van der Waals surface area contributed by atoms with Crippen molar-refractivity contribution < 1.29 is 15.0 Å². The third-order valence-corrected chi connectivity index (χ3v) is 6.18. The highest BCUT2D eigenvalue weighted by Gasteiger charge is 2.42. The van der Waals surface area contributed by atoms with E-state index in [9.17, 15) is 15.0 Å². The SMILES string of the molecule is CCC[C@]1(CO)CCN(C(=O)CC(c2ccccc2)c2ccccc2)C[C@H]1O. The third-order valence-electron chi connectivity index (χ3n) is 6.18. The van der Waals surface area contributed by atoms with Gasteiger partial charge in [-0.05, 0) is 24.0 Å². The minimum Gasteiger partial charge on any atom is -0.396 e. The summed E-state index contributed by atoms with van der Waals surface area (Å²) < 4.78 is 0. The van der Waals surface area contributed by atoms with Crippen molar-refractivity contribution in [1.29, 1.82) is 0 Å². The molecule has 0 spiro atoms. The van der Waals surface area contributed by atoms with Crippen molar-refractivity contribution in [2.45, 2.75) is 44.6 Å². The minimum absolute atomic E-state index is 0.00721. The Hall–Kier alpha value is -2.17. The van der Waals surface area contributed by atoms with E-state index in [1.165, 1.54) is 0 Å². The first-order valence-corrected chi connectivity index (χ1v) is 10.3. The van der Waals surface area contributed by atoms with Crippen LogP contribution in [0, 0.1) is 5.41 Å². The number of nitrogens with zero attached hydrogens (tertiary/aromatic N) is 1. The van der Waals surface area contributed by atoms with Crippen LogP contribution in [-0.2, 0) is 4.79 Å². The molecule has 2 atom stereocenters. The van der Waals surface area contributed by atoms with Crippen molar-refractivity contribution in [1.82, 2.24) is 4.90 Å². The monoisotopic (exact) mass is 381 g/mol. The molecule has 1 amide bonds. The summed E-state index contributed by atoms with van der Waals surface area (Å²) in [5.74, 6) is 0.0482. The number of amides is 1. The predicted octanol–water partition coefficient (Wildman–Crippen LogP) is 3.58. The van der Waals surface area contributed by atoms with Gasteiger partial charge in [-0.15, -0.1) is 0 Å². The van der Waals surface area contributed by atoms with Crippen LogP contribution in [0.3, 0.4) is 0 Å². The van der Waals surface area contributed by atoms with Crippen molar-refractivity contribution in [2.75, 3.05) is 19.7 Å². The molecule has 0 aromatic heterocycles. The summed E-state index contributed by atoms with van der Waals surface area (Å²) in [7, 11) is 0. The first kappa shape index (κ1) is 20.6. The Balaban J connectivity index is 1.75. The van der Waals surface area contributed by atoms with Gasteiger partial charge in [0.05, 0.1) is 12.7 Å². The number of carbonyl (C=O) groups excluding carboxylic acids is 1. The third kappa shape index (κ3) is 4.45. The van der Waals surface area contributed by atoms with E-state index in [1.807, 2.05) is 36.4 Å². The molecule has 3 rings (SSSR count). The normalized spacial score (nSPS) is 22.4. The second-order valence-electron chi connectivity index (χ2n) is 7.95.